The van der Waals surface area contributed by atoms with E-state index < -0.39 is 5.41 Å². The molecule has 3 atom stereocenters. The number of rotatable bonds is 3. The van der Waals surface area contributed by atoms with Crippen LogP contribution in [0.5, 0.6) is 0 Å². The second-order valence-electron chi connectivity index (χ2n) is 5.82. The lowest BCUT2D eigenvalue weighted by Gasteiger charge is -2.39. The highest BCUT2D eigenvalue weighted by Crippen LogP contribution is 2.27. The highest BCUT2D eigenvalue weighted by Gasteiger charge is 2.36. The molecule has 5 heteroatoms. The molecule has 0 aromatic heterocycles. The van der Waals surface area contributed by atoms with Crippen LogP contribution in [-0.2, 0) is 14.3 Å². The van der Waals surface area contributed by atoms with Gasteiger partial charge in [-0.1, -0.05) is 0 Å². The summed E-state index contributed by atoms with van der Waals surface area (Å²) < 4.78 is 11.4. The second kappa shape index (κ2) is 5.76. The summed E-state index contributed by atoms with van der Waals surface area (Å²) >= 11 is 5.81. The van der Waals surface area contributed by atoms with Crippen molar-refractivity contribution in [1.82, 2.24) is 5.32 Å². The molecule has 1 N–H and O–H groups in total. The number of carbonyl (C=O) groups is 1. The largest absolute Gasteiger partial charge is 0.373 e. The fourth-order valence-corrected chi connectivity index (χ4v) is 2.56. The van der Waals surface area contributed by atoms with E-state index in [1.165, 1.54) is 0 Å². The Labute approximate surface area is 113 Å². The fourth-order valence-electron chi connectivity index (χ4n) is 2.44. The van der Waals surface area contributed by atoms with Crippen molar-refractivity contribution in [2.75, 3.05) is 19.1 Å². The molecule has 4 nitrogen and oxygen atoms in total. The van der Waals surface area contributed by atoms with Crippen LogP contribution in [0.15, 0.2) is 0 Å². The van der Waals surface area contributed by atoms with Crippen molar-refractivity contribution >= 4 is 17.5 Å². The van der Waals surface area contributed by atoms with Gasteiger partial charge in [0, 0.05) is 11.9 Å². The lowest BCUT2D eigenvalue weighted by atomic mass is 9.88. The SMILES string of the molecule is CC(C)(CCl)C(=O)NC1CCC2OCCOC2C1. The molecular weight excluding hydrogens is 254 g/mol. The molecule has 0 radical (unpaired) electrons. The van der Waals surface area contributed by atoms with Crippen LogP contribution in [0, 0.1) is 5.41 Å². The van der Waals surface area contributed by atoms with E-state index in [0.717, 1.165) is 19.3 Å². The van der Waals surface area contributed by atoms with E-state index in [-0.39, 0.29) is 24.2 Å². The zero-order valence-electron chi connectivity index (χ0n) is 11.1. The minimum absolute atomic E-state index is 0.0256. The molecule has 1 heterocycles. The highest BCUT2D eigenvalue weighted by molar-refractivity contribution is 6.19. The Morgan fingerprint density at radius 1 is 1.28 bits per heavy atom. The lowest BCUT2D eigenvalue weighted by molar-refractivity contribution is -0.159. The average Bonchev–Trinajstić information content (AvgIpc) is 2.38. The predicted molar refractivity (Wildman–Crippen MR) is 69.8 cm³/mol. The normalized spacial score (nSPS) is 32.7. The van der Waals surface area contributed by atoms with Gasteiger partial charge in [0.2, 0.25) is 5.91 Å². The Balaban J connectivity index is 1.86. The van der Waals surface area contributed by atoms with Crippen molar-refractivity contribution in [3.63, 3.8) is 0 Å². The van der Waals surface area contributed by atoms with Crippen LogP contribution in [0.4, 0.5) is 0 Å². The topological polar surface area (TPSA) is 47.6 Å². The van der Waals surface area contributed by atoms with E-state index in [0.29, 0.717) is 19.1 Å². The first-order valence-electron chi connectivity index (χ1n) is 6.63. The summed E-state index contributed by atoms with van der Waals surface area (Å²) in [6.45, 7) is 5.08. The molecule has 1 aliphatic carbocycles. The minimum Gasteiger partial charge on any atom is -0.373 e. The summed E-state index contributed by atoms with van der Waals surface area (Å²) in [7, 11) is 0. The maximum Gasteiger partial charge on any atom is 0.227 e. The maximum atomic E-state index is 12.1. The molecule has 3 unspecified atom stereocenters. The van der Waals surface area contributed by atoms with Gasteiger partial charge in [-0.3, -0.25) is 4.79 Å². The minimum atomic E-state index is -0.512. The Hall–Kier alpha value is -0.320. The van der Waals surface area contributed by atoms with Gasteiger partial charge in [-0.05, 0) is 33.1 Å². The maximum absolute atomic E-state index is 12.1. The number of hydrogen-bond acceptors (Lipinski definition) is 3. The van der Waals surface area contributed by atoms with Crippen molar-refractivity contribution in [2.24, 2.45) is 5.41 Å². The third-order valence-electron chi connectivity index (χ3n) is 3.76. The van der Waals surface area contributed by atoms with Crippen molar-refractivity contribution in [2.45, 2.75) is 51.4 Å². The van der Waals surface area contributed by atoms with Gasteiger partial charge in [0.1, 0.15) is 0 Å². The number of fused-ring (bicyclic) bond motifs is 1. The molecule has 0 aromatic rings. The first-order chi connectivity index (χ1) is 8.53. The first kappa shape index (κ1) is 14.1. The molecule has 1 aliphatic heterocycles. The van der Waals surface area contributed by atoms with Gasteiger partial charge in [-0.15, -0.1) is 11.6 Å². The molecule has 1 saturated heterocycles. The zero-order valence-corrected chi connectivity index (χ0v) is 11.8. The standard InChI is InChI=1S/C13H22ClNO3/c1-13(2,8-14)12(16)15-9-3-4-10-11(7-9)18-6-5-17-10/h9-11H,3-8H2,1-2H3,(H,15,16). The van der Waals surface area contributed by atoms with Crippen LogP contribution in [0.2, 0.25) is 0 Å². The van der Waals surface area contributed by atoms with Crippen molar-refractivity contribution < 1.29 is 14.3 Å². The molecule has 2 rings (SSSR count). The van der Waals surface area contributed by atoms with E-state index in [4.69, 9.17) is 21.1 Å². The molecule has 0 aromatic carbocycles. The third-order valence-corrected chi connectivity index (χ3v) is 4.43. The summed E-state index contributed by atoms with van der Waals surface area (Å²) in [5.74, 6) is 0.356. The molecule has 1 amide bonds. The van der Waals surface area contributed by atoms with Crippen molar-refractivity contribution in [3.8, 4) is 0 Å². The number of hydrogen-bond donors (Lipinski definition) is 1. The quantitative estimate of drug-likeness (QED) is 0.798. The van der Waals surface area contributed by atoms with E-state index in [1.54, 1.807) is 0 Å². The van der Waals surface area contributed by atoms with Gasteiger partial charge in [-0.2, -0.15) is 0 Å². The van der Waals surface area contributed by atoms with Crippen molar-refractivity contribution in [3.05, 3.63) is 0 Å². The Morgan fingerprint density at radius 2 is 1.94 bits per heavy atom. The van der Waals surface area contributed by atoms with Gasteiger partial charge in [0.15, 0.2) is 0 Å². The fraction of sp³-hybridized carbons (Fsp3) is 0.923. The lowest BCUT2D eigenvalue weighted by Crippen LogP contribution is -2.51. The van der Waals surface area contributed by atoms with Crippen LogP contribution < -0.4 is 5.32 Å². The van der Waals surface area contributed by atoms with E-state index in [1.807, 2.05) is 13.8 Å². The third kappa shape index (κ3) is 3.16. The molecule has 0 spiro atoms. The summed E-state index contributed by atoms with van der Waals surface area (Å²) in [6.07, 6.45) is 3.10. The smallest absolute Gasteiger partial charge is 0.227 e. The molecule has 0 bridgehead atoms. The number of ether oxygens (including phenoxy) is 2. The number of alkyl halides is 1. The molecule has 1 saturated carbocycles. The van der Waals surface area contributed by atoms with Crippen LogP contribution in [0.3, 0.4) is 0 Å². The zero-order chi connectivity index (χ0) is 13.2. The highest BCUT2D eigenvalue weighted by atomic mass is 35.5. The van der Waals surface area contributed by atoms with E-state index >= 15 is 0 Å². The van der Waals surface area contributed by atoms with Gasteiger partial charge < -0.3 is 14.8 Å². The number of halogens is 1. The number of amides is 1. The van der Waals surface area contributed by atoms with Gasteiger partial charge in [-0.25, -0.2) is 0 Å². The summed E-state index contributed by atoms with van der Waals surface area (Å²) in [6, 6.07) is 0.183. The van der Waals surface area contributed by atoms with Gasteiger partial charge in [0.05, 0.1) is 30.8 Å². The van der Waals surface area contributed by atoms with Crippen LogP contribution in [-0.4, -0.2) is 43.3 Å². The number of carbonyl (C=O) groups excluding carboxylic acids is 1. The Morgan fingerprint density at radius 3 is 2.61 bits per heavy atom. The summed E-state index contributed by atoms with van der Waals surface area (Å²) in [4.78, 5) is 12.1. The average molecular weight is 276 g/mol. The van der Waals surface area contributed by atoms with Gasteiger partial charge in [0.25, 0.3) is 0 Å². The Bertz CT molecular complexity index is 309. The predicted octanol–water partition coefficient (Wildman–Crippen LogP) is 1.70. The van der Waals surface area contributed by atoms with Crippen molar-refractivity contribution in [1.29, 1.82) is 0 Å². The van der Waals surface area contributed by atoms with E-state index in [2.05, 4.69) is 5.32 Å². The summed E-state index contributed by atoms with van der Waals surface area (Å²) in [5.41, 5.74) is -0.512. The Kier molecular flexibility index (Phi) is 4.51. The molecule has 2 fully saturated rings. The second-order valence-corrected chi connectivity index (χ2v) is 6.09. The molecule has 2 aliphatic rings. The number of nitrogens with one attached hydrogen (secondary N) is 1. The first-order valence-corrected chi connectivity index (χ1v) is 7.16. The van der Waals surface area contributed by atoms with Gasteiger partial charge >= 0.3 is 0 Å². The van der Waals surface area contributed by atoms with Crippen LogP contribution in [0.1, 0.15) is 33.1 Å². The molecule has 18 heavy (non-hydrogen) atoms. The summed E-state index contributed by atoms with van der Waals surface area (Å²) in [5, 5.41) is 3.08. The van der Waals surface area contributed by atoms with Crippen LogP contribution in [0.25, 0.3) is 0 Å². The monoisotopic (exact) mass is 275 g/mol. The molecular formula is C13H22ClNO3. The van der Waals surface area contributed by atoms with E-state index in [9.17, 15) is 4.79 Å². The molecule has 104 valence electrons. The van der Waals surface area contributed by atoms with Crippen LogP contribution >= 0.6 is 11.6 Å².